The van der Waals surface area contributed by atoms with Crippen LogP contribution in [0.5, 0.6) is 0 Å². The second-order valence-corrected chi connectivity index (χ2v) is 7.86. The number of carbonyl (C=O) groups excluding carboxylic acids is 1. The molecule has 0 N–H and O–H groups in total. The van der Waals surface area contributed by atoms with E-state index in [1.54, 1.807) is 12.4 Å². The normalized spacial score (nSPS) is 21.4. The largest absolute Gasteiger partial charge is 0.338 e. The highest BCUT2D eigenvalue weighted by atomic mass is 16.2. The van der Waals surface area contributed by atoms with Crippen LogP contribution in [0, 0.1) is 11.8 Å². The smallest absolute Gasteiger partial charge is 0.255 e. The van der Waals surface area contributed by atoms with Gasteiger partial charge in [-0.2, -0.15) is 0 Å². The summed E-state index contributed by atoms with van der Waals surface area (Å²) in [4.78, 5) is 19.1. The van der Waals surface area contributed by atoms with Gasteiger partial charge in [-0.3, -0.25) is 9.78 Å². The first-order valence-electron chi connectivity index (χ1n) is 9.93. The average Bonchev–Trinajstić information content (AvgIpc) is 2.67. The van der Waals surface area contributed by atoms with Crippen molar-refractivity contribution >= 4 is 5.91 Å². The molecule has 0 aliphatic heterocycles. The van der Waals surface area contributed by atoms with E-state index in [1.165, 1.54) is 70.6 Å². The summed E-state index contributed by atoms with van der Waals surface area (Å²) in [7, 11) is 2.03. The molecule has 1 amide bonds. The second kappa shape index (κ2) is 8.64. The highest BCUT2D eigenvalue weighted by Crippen LogP contribution is 2.36. The lowest BCUT2D eigenvalue weighted by molar-refractivity contribution is 0.0581. The minimum absolute atomic E-state index is 0.148. The van der Waals surface area contributed by atoms with Gasteiger partial charge in [-0.05, 0) is 43.2 Å². The maximum Gasteiger partial charge on any atom is 0.255 e. The monoisotopic (exact) mass is 328 g/mol. The van der Waals surface area contributed by atoms with Gasteiger partial charge in [0.1, 0.15) is 0 Å². The fraction of sp³-hybridized carbons (Fsp3) is 0.714. The summed E-state index contributed by atoms with van der Waals surface area (Å²) in [6.45, 7) is 0. The zero-order valence-electron chi connectivity index (χ0n) is 15.1. The van der Waals surface area contributed by atoms with E-state index >= 15 is 0 Å². The zero-order valence-corrected chi connectivity index (χ0v) is 15.1. The van der Waals surface area contributed by atoms with Crippen LogP contribution in [-0.4, -0.2) is 28.9 Å². The van der Waals surface area contributed by atoms with Gasteiger partial charge in [0.25, 0.3) is 5.91 Å². The van der Waals surface area contributed by atoms with E-state index < -0.39 is 0 Å². The van der Waals surface area contributed by atoms with Crippen LogP contribution in [0.3, 0.4) is 0 Å². The molecular weight excluding hydrogens is 296 g/mol. The number of hydrogen-bond acceptors (Lipinski definition) is 2. The van der Waals surface area contributed by atoms with Crippen LogP contribution < -0.4 is 0 Å². The van der Waals surface area contributed by atoms with Crippen molar-refractivity contribution in [1.29, 1.82) is 0 Å². The van der Waals surface area contributed by atoms with Crippen molar-refractivity contribution in [3.05, 3.63) is 30.1 Å². The Balaban J connectivity index is 1.73. The topological polar surface area (TPSA) is 33.2 Å². The van der Waals surface area contributed by atoms with Gasteiger partial charge in [0.05, 0.1) is 5.56 Å². The lowest BCUT2D eigenvalue weighted by atomic mass is 9.76. The molecule has 2 aliphatic rings. The lowest BCUT2D eigenvalue weighted by Gasteiger charge is -2.39. The molecule has 0 aromatic carbocycles. The van der Waals surface area contributed by atoms with Crippen LogP contribution in [0.1, 0.15) is 81.0 Å². The second-order valence-electron chi connectivity index (χ2n) is 7.86. The molecule has 1 unspecified atom stereocenters. The molecule has 0 saturated heterocycles. The van der Waals surface area contributed by atoms with Gasteiger partial charge >= 0.3 is 0 Å². The van der Waals surface area contributed by atoms with Crippen molar-refractivity contribution in [3.63, 3.8) is 0 Å². The van der Waals surface area contributed by atoms with E-state index in [0.29, 0.717) is 12.0 Å². The number of rotatable bonds is 5. The predicted octanol–water partition coefficient (Wildman–Crippen LogP) is 5.07. The van der Waals surface area contributed by atoms with Crippen LogP contribution in [0.4, 0.5) is 0 Å². The standard InChI is InChI=1S/C21H32N2O/c1-23(21(24)19-13-8-14-22-16-19)20(18-11-6-3-7-12-18)15-17-9-4-2-5-10-17/h8,13-14,16-18,20H,2-7,9-12,15H2,1H3. The summed E-state index contributed by atoms with van der Waals surface area (Å²) >= 11 is 0. The van der Waals surface area contributed by atoms with E-state index in [1.807, 2.05) is 19.2 Å². The van der Waals surface area contributed by atoms with E-state index in [2.05, 4.69) is 9.88 Å². The molecule has 2 fully saturated rings. The van der Waals surface area contributed by atoms with Crippen molar-refractivity contribution in [2.24, 2.45) is 11.8 Å². The van der Waals surface area contributed by atoms with Crippen molar-refractivity contribution in [2.45, 2.75) is 76.7 Å². The minimum atomic E-state index is 0.148. The highest BCUT2D eigenvalue weighted by Gasteiger charge is 2.32. The van der Waals surface area contributed by atoms with E-state index in [4.69, 9.17) is 0 Å². The van der Waals surface area contributed by atoms with Crippen molar-refractivity contribution in [2.75, 3.05) is 7.05 Å². The van der Waals surface area contributed by atoms with Crippen LogP contribution >= 0.6 is 0 Å². The number of carbonyl (C=O) groups is 1. The molecule has 24 heavy (non-hydrogen) atoms. The zero-order chi connectivity index (χ0) is 16.8. The van der Waals surface area contributed by atoms with Gasteiger partial charge in [-0.15, -0.1) is 0 Å². The van der Waals surface area contributed by atoms with E-state index in [9.17, 15) is 4.79 Å². The third-order valence-electron chi connectivity index (χ3n) is 6.22. The Kier molecular flexibility index (Phi) is 6.28. The van der Waals surface area contributed by atoms with Crippen LogP contribution in [0.2, 0.25) is 0 Å². The fourth-order valence-electron chi connectivity index (χ4n) is 4.79. The third kappa shape index (κ3) is 4.37. The Morgan fingerprint density at radius 1 is 1.12 bits per heavy atom. The summed E-state index contributed by atoms with van der Waals surface area (Å²) in [6, 6.07) is 4.16. The summed E-state index contributed by atoms with van der Waals surface area (Å²) in [5.41, 5.74) is 0.726. The van der Waals surface area contributed by atoms with Crippen LogP contribution in [0.25, 0.3) is 0 Å². The van der Waals surface area contributed by atoms with Gasteiger partial charge in [0.2, 0.25) is 0 Å². The van der Waals surface area contributed by atoms with Crippen LogP contribution in [0.15, 0.2) is 24.5 Å². The first kappa shape index (κ1) is 17.4. The predicted molar refractivity (Wildman–Crippen MR) is 97.9 cm³/mol. The first-order valence-corrected chi connectivity index (χ1v) is 9.93. The Labute approximate surface area is 146 Å². The molecule has 0 spiro atoms. The molecule has 1 aromatic rings. The maximum absolute atomic E-state index is 13.0. The summed E-state index contributed by atoms with van der Waals surface area (Å²) < 4.78 is 0. The van der Waals surface area contributed by atoms with Crippen LogP contribution in [-0.2, 0) is 0 Å². The van der Waals surface area contributed by atoms with Gasteiger partial charge in [0.15, 0.2) is 0 Å². The molecule has 1 heterocycles. The van der Waals surface area contributed by atoms with E-state index in [-0.39, 0.29) is 5.91 Å². The molecule has 2 saturated carbocycles. The number of aromatic nitrogens is 1. The number of hydrogen-bond donors (Lipinski definition) is 0. The Morgan fingerprint density at radius 3 is 2.42 bits per heavy atom. The summed E-state index contributed by atoms with van der Waals surface area (Å²) in [5.74, 6) is 1.65. The van der Waals surface area contributed by atoms with Gasteiger partial charge in [-0.1, -0.05) is 51.4 Å². The van der Waals surface area contributed by atoms with Crippen molar-refractivity contribution < 1.29 is 4.79 Å². The SMILES string of the molecule is CN(C(=O)c1cccnc1)C(CC1CCCCC1)C1CCCCC1. The van der Waals surface area contributed by atoms with Gasteiger partial charge in [0, 0.05) is 25.5 Å². The fourth-order valence-corrected chi connectivity index (χ4v) is 4.79. The number of amides is 1. The molecule has 3 nitrogen and oxygen atoms in total. The molecule has 3 rings (SSSR count). The molecule has 132 valence electrons. The lowest BCUT2D eigenvalue weighted by Crippen LogP contribution is -2.44. The van der Waals surface area contributed by atoms with Gasteiger partial charge < -0.3 is 4.90 Å². The maximum atomic E-state index is 13.0. The van der Waals surface area contributed by atoms with Crippen molar-refractivity contribution in [3.8, 4) is 0 Å². The molecular formula is C21H32N2O. The molecule has 3 heteroatoms. The third-order valence-corrected chi connectivity index (χ3v) is 6.22. The highest BCUT2D eigenvalue weighted by molar-refractivity contribution is 5.93. The molecule has 0 radical (unpaired) electrons. The average molecular weight is 329 g/mol. The molecule has 1 atom stereocenters. The Bertz CT molecular complexity index is 504. The van der Waals surface area contributed by atoms with Gasteiger partial charge in [-0.25, -0.2) is 0 Å². The molecule has 1 aromatic heterocycles. The minimum Gasteiger partial charge on any atom is -0.338 e. The summed E-state index contributed by atoms with van der Waals surface area (Å²) in [5, 5.41) is 0. The van der Waals surface area contributed by atoms with E-state index in [0.717, 1.165) is 11.5 Å². The quantitative estimate of drug-likeness (QED) is 0.756. The van der Waals surface area contributed by atoms with Crippen molar-refractivity contribution in [1.82, 2.24) is 9.88 Å². The molecule has 2 aliphatic carbocycles. The Morgan fingerprint density at radius 2 is 1.79 bits per heavy atom. The number of nitrogens with zero attached hydrogens (tertiary/aromatic N) is 2. The summed E-state index contributed by atoms with van der Waals surface area (Å²) in [6.07, 6.45) is 18.1. The first-order chi connectivity index (χ1) is 11.8. The number of pyridine rings is 1. The molecule has 0 bridgehead atoms. The Hall–Kier alpha value is -1.38.